The lowest BCUT2D eigenvalue weighted by atomic mass is 9.78. The first kappa shape index (κ1) is 22.9. The first-order valence-electron chi connectivity index (χ1n) is 10.4. The molecule has 32 heavy (non-hydrogen) atoms. The van der Waals surface area contributed by atoms with Crippen LogP contribution in [0.15, 0.2) is 0 Å². The predicted octanol–water partition coefficient (Wildman–Crippen LogP) is 4.28. The number of aromatic nitrogens is 2. The molecule has 0 spiro atoms. The minimum Gasteiger partial charge on any atom is -0.463 e. The molecule has 0 aliphatic heterocycles. The molecule has 3 aliphatic rings. The van der Waals surface area contributed by atoms with E-state index in [2.05, 4.69) is 10.4 Å². The number of rotatable bonds is 7. The Morgan fingerprint density at radius 2 is 1.50 bits per heavy atom. The number of esters is 1. The van der Waals surface area contributed by atoms with Gasteiger partial charge in [-0.25, -0.2) is 31.0 Å². The number of ether oxygens (including phenoxy) is 1. The molecule has 3 aliphatic carbocycles. The maximum absolute atomic E-state index is 13.3. The zero-order valence-corrected chi connectivity index (χ0v) is 17.3. The van der Waals surface area contributed by atoms with Gasteiger partial charge in [-0.1, -0.05) is 0 Å². The van der Waals surface area contributed by atoms with E-state index in [0.717, 1.165) is 0 Å². The largest absolute Gasteiger partial charge is 0.463 e. The van der Waals surface area contributed by atoms with Crippen LogP contribution < -0.4 is 5.32 Å². The lowest BCUT2D eigenvalue weighted by molar-refractivity contribution is -0.172. The van der Waals surface area contributed by atoms with E-state index in [0.29, 0.717) is 11.3 Å². The summed E-state index contributed by atoms with van der Waals surface area (Å²) >= 11 is 0. The van der Waals surface area contributed by atoms with Crippen molar-refractivity contribution in [2.75, 3.05) is 11.9 Å². The lowest BCUT2D eigenvalue weighted by Gasteiger charge is -2.34. The van der Waals surface area contributed by atoms with E-state index in [9.17, 15) is 35.9 Å². The van der Waals surface area contributed by atoms with Crippen molar-refractivity contribution in [1.82, 2.24) is 9.78 Å². The van der Waals surface area contributed by atoms with Crippen LogP contribution in [-0.4, -0.2) is 46.0 Å². The summed E-state index contributed by atoms with van der Waals surface area (Å²) < 4.78 is 85.0. The number of amides is 1. The van der Waals surface area contributed by atoms with Gasteiger partial charge < -0.3 is 10.1 Å². The highest BCUT2D eigenvalue weighted by Gasteiger charge is 2.51. The number of nitrogens with one attached hydrogen (secondary N) is 1. The molecule has 1 N–H and O–H groups in total. The molecule has 3 fully saturated rings. The van der Waals surface area contributed by atoms with Gasteiger partial charge in [-0.05, 0) is 6.92 Å². The quantitative estimate of drug-likeness (QED) is 0.480. The molecule has 3 saturated carbocycles. The molecule has 1 amide bonds. The van der Waals surface area contributed by atoms with Crippen molar-refractivity contribution >= 4 is 17.7 Å². The van der Waals surface area contributed by atoms with E-state index in [4.69, 9.17) is 4.74 Å². The maximum atomic E-state index is 13.3. The number of carbonyl (C=O) groups is 2. The van der Waals surface area contributed by atoms with Gasteiger partial charge in [-0.2, -0.15) is 5.10 Å². The van der Waals surface area contributed by atoms with Gasteiger partial charge >= 0.3 is 5.97 Å². The third kappa shape index (κ3) is 4.59. The normalized spacial score (nSPS) is 24.2. The van der Waals surface area contributed by atoms with Crippen LogP contribution in [0.2, 0.25) is 0 Å². The molecule has 178 valence electrons. The van der Waals surface area contributed by atoms with Crippen molar-refractivity contribution in [2.45, 2.75) is 75.7 Å². The Morgan fingerprint density at radius 3 is 2.03 bits per heavy atom. The average molecular weight is 467 g/mol. The van der Waals surface area contributed by atoms with Crippen LogP contribution in [0.25, 0.3) is 0 Å². The SMILES string of the molecule is Cc1c(C2CC(F)(F)C2)nn(CCOC(=O)C2CC(F)(F)C2)c1NC(=O)C1CC(F)(F)C1. The van der Waals surface area contributed by atoms with E-state index in [-0.39, 0.29) is 19.0 Å². The summed E-state index contributed by atoms with van der Waals surface area (Å²) in [5.74, 6) is -12.0. The van der Waals surface area contributed by atoms with Crippen molar-refractivity contribution < 1.29 is 40.7 Å². The highest BCUT2D eigenvalue weighted by molar-refractivity contribution is 5.93. The highest BCUT2D eigenvalue weighted by atomic mass is 19.3. The molecule has 0 unspecified atom stereocenters. The van der Waals surface area contributed by atoms with E-state index in [1.165, 1.54) is 4.68 Å². The van der Waals surface area contributed by atoms with Gasteiger partial charge in [0.05, 0.1) is 18.2 Å². The van der Waals surface area contributed by atoms with E-state index in [1.807, 2.05) is 0 Å². The zero-order chi connectivity index (χ0) is 23.5. The van der Waals surface area contributed by atoms with E-state index < -0.39 is 85.9 Å². The molecule has 1 heterocycles. The molecular formula is C20H23F6N3O3. The summed E-state index contributed by atoms with van der Waals surface area (Å²) in [5.41, 5.74) is 0.796. The topological polar surface area (TPSA) is 73.2 Å². The first-order valence-corrected chi connectivity index (χ1v) is 10.4. The van der Waals surface area contributed by atoms with Gasteiger partial charge in [-0.3, -0.25) is 9.59 Å². The van der Waals surface area contributed by atoms with Gasteiger partial charge in [0, 0.05) is 55.9 Å². The van der Waals surface area contributed by atoms with Crippen LogP contribution in [0.3, 0.4) is 0 Å². The summed E-state index contributed by atoms with van der Waals surface area (Å²) in [5, 5.41) is 6.85. The Morgan fingerprint density at radius 1 is 0.969 bits per heavy atom. The fourth-order valence-corrected chi connectivity index (χ4v) is 4.38. The van der Waals surface area contributed by atoms with E-state index in [1.54, 1.807) is 6.92 Å². The summed E-state index contributed by atoms with van der Waals surface area (Å²) in [7, 11) is 0. The maximum Gasteiger partial charge on any atom is 0.309 e. The van der Waals surface area contributed by atoms with Crippen LogP contribution in [0.4, 0.5) is 32.2 Å². The molecule has 0 aromatic carbocycles. The van der Waals surface area contributed by atoms with Gasteiger partial charge in [-0.15, -0.1) is 0 Å². The molecule has 0 radical (unpaired) electrons. The zero-order valence-electron chi connectivity index (χ0n) is 17.3. The van der Waals surface area contributed by atoms with Crippen LogP contribution in [-0.2, 0) is 20.9 Å². The molecular weight excluding hydrogens is 444 g/mol. The number of hydrogen-bond donors (Lipinski definition) is 1. The van der Waals surface area contributed by atoms with Crippen LogP contribution >= 0.6 is 0 Å². The van der Waals surface area contributed by atoms with Crippen molar-refractivity contribution in [3.8, 4) is 0 Å². The van der Waals surface area contributed by atoms with Gasteiger partial charge in [0.25, 0.3) is 0 Å². The molecule has 0 atom stereocenters. The number of nitrogens with zero attached hydrogens (tertiary/aromatic N) is 2. The minimum absolute atomic E-state index is 0.0603. The predicted molar refractivity (Wildman–Crippen MR) is 98.8 cm³/mol. The molecule has 6 nitrogen and oxygen atoms in total. The number of anilines is 1. The van der Waals surface area contributed by atoms with Crippen molar-refractivity contribution in [3.05, 3.63) is 11.3 Å². The van der Waals surface area contributed by atoms with Gasteiger partial charge in [0.2, 0.25) is 23.7 Å². The summed E-state index contributed by atoms with van der Waals surface area (Å²) in [6.07, 6.45) is -3.06. The fraction of sp³-hybridized carbons (Fsp3) is 0.750. The number of hydrogen-bond acceptors (Lipinski definition) is 4. The average Bonchev–Trinajstić information content (AvgIpc) is 2.91. The molecule has 1 aromatic heterocycles. The van der Waals surface area contributed by atoms with E-state index >= 15 is 0 Å². The minimum atomic E-state index is -2.88. The molecule has 1 aromatic rings. The van der Waals surface area contributed by atoms with Gasteiger partial charge in [0.1, 0.15) is 12.4 Å². The third-order valence-corrected chi connectivity index (χ3v) is 6.38. The Hall–Kier alpha value is -2.27. The van der Waals surface area contributed by atoms with Crippen LogP contribution in [0, 0.1) is 18.8 Å². The van der Waals surface area contributed by atoms with Crippen LogP contribution in [0.5, 0.6) is 0 Å². The van der Waals surface area contributed by atoms with Crippen molar-refractivity contribution in [1.29, 1.82) is 0 Å². The number of halogens is 6. The summed E-state index contributed by atoms with van der Waals surface area (Å²) in [6, 6.07) is 0. The highest BCUT2D eigenvalue weighted by Crippen LogP contribution is 2.49. The van der Waals surface area contributed by atoms with Gasteiger partial charge in [0.15, 0.2) is 0 Å². The monoisotopic (exact) mass is 467 g/mol. The number of carbonyl (C=O) groups excluding carboxylic acids is 2. The second-order valence-electron chi connectivity index (χ2n) is 9.12. The Labute approximate surface area is 179 Å². The molecule has 0 bridgehead atoms. The first-order chi connectivity index (χ1) is 14.8. The Kier molecular flexibility index (Phi) is 5.48. The van der Waals surface area contributed by atoms with Crippen molar-refractivity contribution in [2.24, 2.45) is 11.8 Å². The Bertz CT molecular complexity index is 908. The summed E-state index contributed by atoms with van der Waals surface area (Å²) in [6.45, 7) is 1.30. The van der Waals surface area contributed by atoms with Crippen LogP contribution in [0.1, 0.15) is 55.7 Å². The lowest BCUT2D eigenvalue weighted by Crippen LogP contribution is -2.42. The standard InChI is InChI=1S/C20H23F6N3O3/c1-10-14(11-4-18(21,22)5-11)28-29(2-3-32-17(31)13-8-20(25,26)9-13)15(10)27-16(30)12-6-19(23,24)7-12/h11-13H,2-9H2,1H3,(H,27,30). The number of alkyl halides is 6. The molecule has 0 saturated heterocycles. The summed E-state index contributed by atoms with van der Waals surface area (Å²) in [4.78, 5) is 24.2. The smallest absolute Gasteiger partial charge is 0.309 e. The Balaban J connectivity index is 1.42. The second kappa shape index (κ2) is 7.65. The molecule has 12 heteroatoms. The third-order valence-electron chi connectivity index (χ3n) is 6.38. The second-order valence-corrected chi connectivity index (χ2v) is 9.12. The van der Waals surface area contributed by atoms with Crippen molar-refractivity contribution in [3.63, 3.8) is 0 Å². The molecule has 4 rings (SSSR count). The fourth-order valence-electron chi connectivity index (χ4n) is 4.38.